The standard InChI is InChI=1S/C14H18N4O/c1-10(14(19)17(2)3)18-9-8-16-13(18)11-4-6-12(15)7-5-11/h4-10H,15H2,1-3H3. The average Bonchev–Trinajstić information content (AvgIpc) is 2.87. The average molecular weight is 258 g/mol. The van der Waals surface area contributed by atoms with Crippen molar-refractivity contribution in [2.45, 2.75) is 13.0 Å². The summed E-state index contributed by atoms with van der Waals surface area (Å²) < 4.78 is 1.87. The van der Waals surface area contributed by atoms with Gasteiger partial charge in [0, 0.05) is 37.7 Å². The molecular weight excluding hydrogens is 240 g/mol. The van der Waals surface area contributed by atoms with E-state index in [0.29, 0.717) is 5.69 Å². The second-order valence-corrected chi connectivity index (χ2v) is 4.69. The molecule has 0 fully saturated rings. The molecule has 0 radical (unpaired) electrons. The Bertz CT molecular complexity index is 571. The van der Waals surface area contributed by atoms with E-state index in [4.69, 9.17) is 5.73 Å². The summed E-state index contributed by atoms with van der Waals surface area (Å²) in [5, 5.41) is 0. The van der Waals surface area contributed by atoms with Crippen LogP contribution < -0.4 is 5.73 Å². The third-order valence-corrected chi connectivity index (χ3v) is 3.05. The summed E-state index contributed by atoms with van der Waals surface area (Å²) in [5.41, 5.74) is 7.33. The van der Waals surface area contributed by atoms with Crippen LogP contribution in [0.2, 0.25) is 0 Å². The predicted molar refractivity (Wildman–Crippen MR) is 75.5 cm³/mol. The zero-order valence-corrected chi connectivity index (χ0v) is 11.4. The van der Waals surface area contributed by atoms with Crippen molar-refractivity contribution in [3.8, 4) is 11.4 Å². The minimum Gasteiger partial charge on any atom is -0.399 e. The van der Waals surface area contributed by atoms with E-state index in [-0.39, 0.29) is 11.9 Å². The number of hydrogen-bond donors (Lipinski definition) is 1. The van der Waals surface area contributed by atoms with Crippen molar-refractivity contribution in [2.24, 2.45) is 0 Å². The van der Waals surface area contributed by atoms with Gasteiger partial charge in [0.25, 0.3) is 0 Å². The smallest absolute Gasteiger partial charge is 0.244 e. The highest BCUT2D eigenvalue weighted by Gasteiger charge is 2.19. The lowest BCUT2D eigenvalue weighted by Gasteiger charge is -2.19. The van der Waals surface area contributed by atoms with Crippen molar-refractivity contribution in [2.75, 3.05) is 19.8 Å². The van der Waals surface area contributed by atoms with Gasteiger partial charge in [-0.2, -0.15) is 0 Å². The molecule has 1 heterocycles. The number of aromatic nitrogens is 2. The van der Waals surface area contributed by atoms with Crippen LogP contribution >= 0.6 is 0 Å². The molecule has 0 aliphatic carbocycles. The monoisotopic (exact) mass is 258 g/mol. The molecule has 19 heavy (non-hydrogen) atoms. The molecule has 0 aliphatic heterocycles. The fourth-order valence-electron chi connectivity index (χ4n) is 1.97. The van der Waals surface area contributed by atoms with Gasteiger partial charge < -0.3 is 15.2 Å². The molecule has 0 saturated carbocycles. The fraction of sp³-hybridized carbons (Fsp3) is 0.286. The third-order valence-electron chi connectivity index (χ3n) is 3.05. The number of likely N-dealkylation sites (N-methyl/N-ethyl adjacent to an activating group) is 1. The maximum atomic E-state index is 12.0. The lowest BCUT2D eigenvalue weighted by molar-refractivity contribution is -0.131. The van der Waals surface area contributed by atoms with Gasteiger partial charge in [0.2, 0.25) is 5.91 Å². The quantitative estimate of drug-likeness (QED) is 0.853. The van der Waals surface area contributed by atoms with E-state index in [1.165, 1.54) is 0 Å². The number of nitrogens with two attached hydrogens (primary N) is 1. The second kappa shape index (κ2) is 5.14. The third kappa shape index (κ3) is 2.59. The summed E-state index contributed by atoms with van der Waals surface area (Å²) in [7, 11) is 3.50. The van der Waals surface area contributed by atoms with E-state index < -0.39 is 0 Å². The van der Waals surface area contributed by atoms with E-state index in [1.807, 2.05) is 42.0 Å². The summed E-state index contributed by atoms with van der Waals surface area (Å²) in [4.78, 5) is 17.9. The molecule has 0 spiro atoms. The molecule has 5 heteroatoms. The van der Waals surface area contributed by atoms with Crippen LogP contribution in [0.3, 0.4) is 0 Å². The van der Waals surface area contributed by atoms with Crippen LogP contribution in [0.4, 0.5) is 5.69 Å². The normalized spacial score (nSPS) is 12.2. The Morgan fingerprint density at radius 3 is 2.53 bits per heavy atom. The molecule has 2 aromatic rings. The van der Waals surface area contributed by atoms with Crippen LogP contribution in [0, 0.1) is 0 Å². The molecule has 1 unspecified atom stereocenters. The second-order valence-electron chi connectivity index (χ2n) is 4.69. The van der Waals surface area contributed by atoms with Crippen molar-refractivity contribution in [3.63, 3.8) is 0 Å². The van der Waals surface area contributed by atoms with Gasteiger partial charge in [-0.25, -0.2) is 4.98 Å². The largest absolute Gasteiger partial charge is 0.399 e. The van der Waals surface area contributed by atoms with Crippen LogP contribution in [-0.2, 0) is 4.79 Å². The topological polar surface area (TPSA) is 64.2 Å². The van der Waals surface area contributed by atoms with Crippen molar-refractivity contribution >= 4 is 11.6 Å². The van der Waals surface area contributed by atoms with Gasteiger partial charge in [0.1, 0.15) is 11.9 Å². The molecule has 1 amide bonds. The van der Waals surface area contributed by atoms with Crippen molar-refractivity contribution in [1.29, 1.82) is 0 Å². The van der Waals surface area contributed by atoms with Gasteiger partial charge in [-0.1, -0.05) is 0 Å². The van der Waals surface area contributed by atoms with Gasteiger partial charge in [-0.05, 0) is 31.2 Å². The van der Waals surface area contributed by atoms with Gasteiger partial charge in [0.15, 0.2) is 0 Å². The molecule has 1 atom stereocenters. The Kier molecular flexibility index (Phi) is 3.55. The van der Waals surface area contributed by atoms with Gasteiger partial charge in [-0.15, -0.1) is 0 Å². The number of anilines is 1. The Morgan fingerprint density at radius 2 is 1.95 bits per heavy atom. The van der Waals surface area contributed by atoms with Crippen LogP contribution in [0.1, 0.15) is 13.0 Å². The first-order valence-electron chi connectivity index (χ1n) is 6.10. The van der Waals surface area contributed by atoms with Gasteiger partial charge in [-0.3, -0.25) is 4.79 Å². The summed E-state index contributed by atoms with van der Waals surface area (Å²) in [5.74, 6) is 0.803. The van der Waals surface area contributed by atoms with Crippen LogP contribution in [0.5, 0.6) is 0 Å². The van der Waals surface area contributed by atoms with Gasteiger partial charge in [0.05, 0.1) is 0 Å². The Labute approximate surface area is 112 Å². The van der Waals surface area contributed by atoms with Crippen molar-refractivity contribution in [3.05, 3.63) is 36.7 Å². The van der Waals surface area contributed by atoms with Gasteiger partial charge >= 0.3 is 0 Å². The summed E-state index contributed by atoms with van der Waals surface area (Å²) >= 11 is 0. The van der Waals surface area contributed by atoms with Crippen LogP contribution in [0.25, 0.3) is 11.4 Å². The molecule has 0 bridgehead atoms. The first-order chi connectivity index (χ1) is 9.00. The maximum Gasteiger partial charge on any atom is 0.244 e. The molecule has 100 valence electrons. The molecule has 2 N–H and O–H groups in total. The number of nitrogens with zero attached hydrogens (tertiary/aromatic N) is 3. The van der Waals surface area contributed by atoms with E-state index in [0.717, 1.165) is 11.4 Å². The number of amides is 1. The number of carbonyl (C=O) groups is 1. The Hall–Kier alpha value is -2.30. The molecule has 1 aromatic heterocycles. The Balaban J connectivity index is 2.37. The zero-order valence-electron chi connectivity index (χ0n) is 11.4. The van der Waals surface area contributed by atoms with E-state index in [2.05, 4.69) is 4.98 Å². The zero-order chi connectivity index (χ0) is 14.0. The summed E-state index contributed by atoms with van der Waals surface area (Å²) in [6, 6.07) is 7.17. The van der Waals surface area contributed by atoms with Crippen LogP contribution in [-0.4, -0.2) is 34.5 Å². The molecule has 0 saturated heterocycles. The highest BCUT2D eigenvalue weighted by molar-refractivity contribution is 5.80. The summed E-state index contributed by atoms with van der Waals surface area (Å²) in [6.45, 7) is 1.87. The summed E-state index contributed by atoms with van der Waals surface area (Å²) in [6.07, 6.45) is 3.52. The number of nitrogen functional groups attached to an aromatic ring is 1. The first-order valence-corrected chi connectivity index (χ1v) is 6.10. The number of rotatable bonds is 3. The fourth-order valence-corrected chi connectivity index (χ4v) is 1.97. The number of hydrogen-bond acceptors (Lipinski definition) is 3. The number of carbonyl (C=O) groups excluding carboxylic acids is 1. The molecule has 2 rings (SSSR count). The number of benzene rings is 1. The molecule has 0 aliphatic rings. The van der Waals surface area contributed by atoms with E-state index in [9.17, 15) is 4.79 Å². The Morgan fingerprint density at radius 1 is 1.32 bits per heavy atom. The first kappa shape index (κ1) is 13.1. The molecule has 5 nitrogen and oxygen atoms in total. The number of imidazole rings is 1. The van der Waals surface area contributed by atoms with Crippen molar-refractivity contribution in [1.82, 2.24) is 14.5 Å². The maximum absolute atomic E-state index is 12.0. The van der Waals surface area contributed by atoms with E-state index in [1.54, 1.807) is 25.2 Å². The predicted octanol–water partition coefficient (Wildman–Crippen LogP) is 1.78. The molecular formula is C14H18N4O. The minimum atomic E-state index is -0.287. The lowest BCUT2D eigenvalue weighted by Crippen LogP contribution is -2.30. The minimum absolute atomic E-state index is 0.0368. The SMILES string of the molecule is CC(C(=O)N(C)C)n1ccnc1-c1ccc(N)cc1. The molecule has 1 aromatic carbocycles. The van der Waals surface area contributed by atoms with Crippen LogP contribution in [0.15, 0.2) is 36.7 Å². The lowest BCUT2D eigenvalue weighted by atomic mass is 10.2. The highest BCUT2D eigenvalue weighted by atomic mass is 16.2. The van der Waals surface area contributed by atoms with Crippen molar-refractivity contribution < 1.29 is 4.79 Å². The van der Waals surface area contributed by atoms with E-state index >= 15 is 0 Å². The highest BCUT2D eigenvalue weighted by Crippen LogP contribution is 2.22.